The number of aliphatic hydroxyl groups excluding tert-OH is 1. The van der Waals surface area contributed by atoms with Crippen LogP contribution in [-0.4, -0.2) is 12.2 Å². The Morgan fingerprint density at radius 2 is 1.37 bits per heavy atom. The van der Waals surface area contributed by atoms with Gasteiger partial charge >= 0.3 is 0 Å². The molecule has 102 valence electrons. The van der Waals surface area contributed by atoms with Gasteiger partial charge in [-0.05, 0) is 35.4 Å². The molecule has 0 radical (unpaired) electrons. The van der Waals surface area contributed by atoms with Gasteiger partial charge in [0.15, 0.2) is 0 Å². The van der Waals surface area contributed by atoms with Crippen molar-refractivity contribution < 1.29 is 5.11 Å². The second-order valence-electron chi connectivity index (χ2n) is 4.84. The van der Waals surface area contributed by atoms with E-state index in [1.807, 2.05) is 0 Å². The Morgan fingerprint density at radius 3 is 2.00 bits per heavy atom. The highest BCUT2D eigenvalue weighted by molar-refractivity contribution is 5.30. The summed E-state index contributed by atoms with van der Waals surface area (Å²) in [5.74, 6) is 0.613. The Morgan fingerprint density at radius 1 is 0.789 bits per heavy atom. The van der Waals surface area contributed by atoms with Gasteiger partial charge in [-0.15, -0.1) is 0 Å². The van der Waals surface area contributed by atoms with E-state index in [1.165, 1.54) is 16.7 Å². The zero-order chi connectivity index (χ0) is 14.1. The molecule has 2 aromatic carbocycles. The minimum absolute atomic E-state index is 0.613. The number of rotatable bonds is 4. The van der Waals surface area contributed by atoms with Gasteiger partial charge in [-0.3, -0.25) is 0 Å². The smallest absolute Gasteiger partial charge is 0.0319 e. The van der Waals surface area contributed by atoms with Crippen LogP contribution in [0.1, 0.15) is 36.5 Å². The van der Waals surface area contributed by atoms with Crippen LogP contribution in [0.5, 0.6) is 0 Å². The zero-order valence-corrected chi connectivity index (χ0v) is 12.1. The van der Waals surface area contributed by atoms with E-state index in [-0.39, 0.29) is 0 Å². The van der Waals surface area contributed by atoms with Crippen molar-refractivity contribution in [2.75, 3.05) is 7.11 Å². The third-order valence-electron chi connectivity index (χ3n) is 3.20. The third-order valence-corrected chi connectivity index (χ3v) is 3.20. The summed E-state index contributed by atoms with van der Waals surface area (Å²) in [5.41, 5.74) is 4.40. The maximum Gasteiger partial charge on any atom is 0.0319 e. The van der Waals surface area contributed by atoms with E-state index in [0.29, 0.717) is 5.92 Å². The highest BCUT2D eigenvalue weighted by Gasteiger charge is 2.05. The van der Waals surface area contributed by atoms with Gasteiger partial charge in [0.05, 0.1) is 0 Å². The molecule has 1 N–H and O–H groups in total. The molecule has 19 heavy (non-hydrogen) atoms. The van der Waals surface area contributed by atoms with Crippen molar-refractivity contribution >= 4 is 0 Å². The lowest BCUT2D eigenvalue weighted by Gasteiger charge is -2.12. The van der Waals surface area contributed by atoms with Crippen molar-refractivity contribution in [1.29, 1.82) is 0 Å². The molecular weight excluding hydrogens is 232 g/mol. The number of benzene rings is 2. The fourth-order valence-electron chi connectivity index (χ4n) is 2.25. The average molecular weight is 256 g/mol. The van der Waals surface area contributed by atoms with Crippen molar-refractivity contribution in [2.45, 2.75) is 32.6 Å². The topological polar surface area (TPSA) is 20.2 Å². The SMILES string of the molecule is CC(C)c1ccccc1CCc1ccccc1.CO. The first-order valence-corrected chi connectivity index (χ1v) is 6.84. The number of hydrogen-bond donors (Lipinski definition) is 1. The van der Waals surface area contributed by atoms with Gasteiger partial charge in [0, 0.05) is 7.11 Å². The maximum atomic E-state index is 7.00. The van der Waals surface area contributed by atoms with Crippen molar-refractivity contribution in [3.05, 3.63) is 71.3 Å². The first-order chi connectivity index (χ1) is 9.27. The third kappa shape index (κ3) is 4.88. The first kappa shape index (κ1) is 15.5. The molecule has 0 saturated heterocycles. The minimum Gasteiger partial charge on any atom is -0.400 e. The van der Waals surface area contributed by atoms with Gasteiger partial charge in [-0.1, -0.05) is 68.4 Å². The van der Waals surface area contributed by atoms with Crippen LogP contribution in [0.3, 0.4) is 0 Å². The van der Waals surface area contributed by atoms with Gasteiger partial charge in [0.1, 0.15) is 0 Å². The molecule has 0 unspecified atom stereocenters. The van der Waals surface area contributed by atoms with Crippen LogP contribution in [-0.2, 0) is 12.8 Å². The molecule has 0 aliphatic rings. The van der Waals surface area contributed by atoms with E-state index in [2.05, 4.69) is 68.4 Å². The van der Waals surface area contributed by atoms with Gasteiger partial charge in [0.25, 0.3) is 0 Å². The number of hydrogen-bond acceptors (Lipinski definition) is 1. The molecule has 0 aromatic heterocycles. The monoisotopic (exact) mass is 256 g/mol. The second-order valence-corrected chi connectivity index (χ2v) is 4.84. The second kappa shape index (κ2) is 8.49. The van der Waals surface area contributed by atoms with Crippen LogP contribution in [0.15, 0.2) is 54.6 Å². The lowest BCUT2D eigenvalue weighted by Crippen LogP contribution is -1.98. The summed E-state index contributed by atoms with van der Waals surface area (Å²) in [5, 5.41) is 7.00. The van der Waals surface area contributed by atoms with Crippen molar-refractivity contribution in [2.24, 2.45) is 0 Å². The van der Waals surface area contributed by atoms with Crippen molar-refractivity contribution in [3.8, 4) is 0 Å². The van der Waals surface area contributed by atoms with Gasteiger partial charge in [-0.2, -0.15) is 0 Å². The molecule has 0 bridgehead atoms. The van der Waals surface area contributed by atoms with Crippen LogP contribution in [0.25, 0.3) is 0 Å². The Balaban J connectivity index is 0.000000861. The Labute approximate surface area is 116 Å². The Bertz CT molecular complexity index is 460. The average Bonchev–Trinajstić information content (AvgIpc) is 2.48. The van der Waals surface area contributed by atoms with Gasteiger partial charge < -0.3 is 5.11 Å². The van der Waals surface area contributed by atoms with E-state index in [1.54, 1.807) is 0 Å². The highest BCUT2D eigenvalue weighted by Crippen LogP contribution is 2.20. The molecular formula is C18H24O. The van der Waals surface area contributed by atoms with E-state index >= 15 is 0 Å². The molecule has 0 aliphatic carbocycles. The zero-order valence-electron chi connectivity index (χ0n) is 12.1. The molecule has 0 amide bonds. The molecule has 1 nitrogen and oxygen atoms in total. The quantitative estimate of drug-likeness (QED) is 0.869. The predicted molar refractivity (Wildman–Crippen MR) is 82.5 cm³/mol. The summed E-state index contributed by atoms with van der Waals surface area (Å²) in [6.07, 6.45) is 2.27. The summed E-state index contributed by atoms with van der Waals surface area (Å²) in [7, 11) is 1.00. The minimum atomic E-state index is 0.613. The van der Waals surface area contributed by atoms with Gasteiger partial charge in [0.2, 0.25) is 0 Å². The Hall–Kier alpha value is -1.60. The van der Waals surface area contributed by atoms with E-state index in [9.17, 15) is 0 Å². The normalized spacial score (nSPS) is 9.95. The molecule has 0 aliphatic heterocycles. The standard InChI is InChI=1S/C17H20.CH4O/c1-14(2)17-11-7-6-10-16(17)13-12-15-8-4-3-5-9-15;1-2/h3-11,14H,12-13H2,1-2H3;2H,1H3. The largest absolute Gasteiger partial charge is 0.400 e. The lowest BCUT2D eigenvalue weighted by molar-refractivity contribution is 0.399. The van der Waals surface area contributed by atoms with Crippen LogP contribution in [0.4, 0.5) is 0 Å². The Kier molecular flexibility index (Phi) is 6.91. The predicted octanol–water partition coefficient (Wildman–Crippen LogP) is 4.20. The maximum absolute atomic E-state index is 7.00. The highest BCUT2D eigenvalue weighted by atomic mass is 16.2. The summed E-state index contributed by atoms with van der Waals surface area (Å²) < 4.78 is 0. The molecule has 0 fully saturated rings. The first-order valence-electron chi connectivity index (χ1n) is 6.84. The van der Waals surface area contributed by atoms with Gasteiger partial charge in [-0.25, -0.2) is 0 Å². The van der Waals surface area contributed by atoms with Crippen molar-refractivity contribution in [3.63, 3.8) is 0 Å². The fraction of sp³-hybridized carbons (Fsp3) is 0.333. The van der Waals surface area contributed by atoms with Crippen LogP contribution in [0, 0.1) is 0 Å². The summed E-state index contributed by atoms with van der Waals surface area (Å²) in [6, 6.07) is 19.5. The lowest BCUT2D eigenvalue weighted by atomic mass is 9.93. The molecule has 2 rings (SSSR count). The van der Waals surface area contributed by atoms with E-state index < -0.39 is 0 Å². The molecule has 1 heteroatoms. The fourth-order valence-corrected chi connectivity index (χ4v) is 2.25. The van der Waals surface area contributed by atoms with E-state index in [0.717, 1.165) is 20.0 Å². The summed E-state index contributed by atoms with van der Waals surface area (Å²) in [6.45, 7) is 4.53. The molecule has 0 saturated carbocycles. The van der Waals surface area contributed by atoms with Crippen LogP contribution >= 0.6 is 0 Å². The molecule has 0 spiro atoms. The number of aliphatic hydroxyl groups is 1. The molecule has 0 heterocycles. The van der Waals surface area contributed by atoms with Crippen molar-refractivity contribution in [1.82, 2.24) is 0 Å². The summed E-state index contributed by atoms with van der Waals surface area (Å²) in [4.78, 5) is 0. The van der Waals surface area contributed by atoms with E-state index in [4.69, 9.17) is 5.11 Å². The van der Waals surface area contributed by atoms with Crippen LogP contribution < -0.4 is 0 Å². The molecule has 0 atom stereocenters. The van der Waals surface area contributed by atoms with Crippen LogP contribution in [0.2, 0.25) is 0 Å². The molecule has 2 aromatic rings. The summed E-state index contributed by atoms with van der Waals surface area (Å²) >= 11 is 0. The number of aryl methyl sites for hydroxylation is 2.